The lowest BCUT2D eigenvalue weighted by Gasteiger charge is -2.35. The van der Waals surface area contributed by atoms with Crippen molar-refractivity contribution in [2.45, 2.75) is 101 Å². The summed E-state index contributed by atoms with van der Waals surface area (Å²) >= 11 is 0. The lowest BCUT2D eigenvalue weighted by molar-refractivity contribution is -0.142. The summed E-state index contributed by atoms with van der Waals surface area (Å²) in [6.45, 7) is 19.7. The van der Waals surface area contributed by atoms with Gasteiger partial charge in [-0.15, -0.1) is 0 Å². The van der Waals surface area contributed by atoms with Gasteiger partial charge in [-0.05, 0) is 47.3 Å². The summed E-state index contributed by atoms with van der Waals surface area (Å²) in [4.78, 5) is 64.6. The first-order chi connectivity index (χ1) is 15.9. The van der Waals surface area contributed by atoms with E-state index in [2.05, 4.69) is 34.6 Å². The number of Topliss-reactive ketones (excluding diaryl/α,β-unsaturated/α-hetero) is 5. The van der Waals surface area contributed by atoms with Crippen LogP contribution in [0.4, 0.5) is 0 Å². The Morgan fingerprint density at radius 2 is 1.51 bits per heavy atom. The van der Waals surface area contributed by atoms with Gasteiger partial charge in [0.1, 0.15) is 17.3 Å². The highest BCUT2D eigenvalue weighted by Crippen LogP contribution is 2.71. The van der Waals surface area contributed by atoms with E-state index in [0.717, 1.165) is 0 Å². The van der Waals surface area contributed by atoms with Crippen molar-refractivity contribution in [3.63, 3.8) is 0 Å². The van der Waals surface area contributed by atoms with Crippen LogP contribution in [0, 0.1) is 58.2 Å². The smallest absolute Gasteiger partial charge is 0.201 e. The number of hydrogen-bond donors (Lipinski definition) is 0. The molecule has 7 unspecified atom stereocenters. The van der Waals surface area contributed by atoms with Crippen LogP contribution in [0.15, 0.2) is 0 Å². The highest BCUT2D eigenvalue weighted by molar-refractivity contribution is 6.37. The van der Waals surface area contributed by atoms with Crippen molar-refractivity contribution in [1.29, 1.82) is 0 Å². The molecule has 0 radical (unpaired) electrons. The summed E-state index contributed by atoms with van der Waals surface area (Å²) in [7, 11) is 0. The third-order valence-corrected chi connectivity index (χ3v) is 9.37. The summed E-state index contributed by atoms with van der Waals surface area (Å²) in [6, 6.07) is 0. The molecule has 0 aromatic rings. The van der Waals surface area contributed by atoms with Gasteiger partial charge in [0.05, 0.1) is 0 Å². The minimum Gasteiger partial charge on any atom is -0.300 e. The predicted octanol–water partition coefficient (Wildman–Crippen LogP) is 5.91. The van der Waals surface area contributed by atoms with E-state index in [4.69, 9.17) is 0 Å². The molecule has 2 fully saturated rings. The first-order valence-electron chi connectivity index (χ1n) is 13.6. The summed E-state index contributed by atoms with van der Waals surface area (Å²) in [6.07, 6.45) is 1.81. The Bertz CT molecular complexity index is 858. The fraction of sp³-hybridized carbons (Fsp3) is 0.833. The number of carbonyl (C=O) groups excluding carboxylic acids is 5. The van der Waals surface area contributed by atoms with Gasteiger partial charge in [0.15, 0.2) is 5.78 Å². The Morgan fingerprint density at radius 3 is 1.97 bits per heavy atom. The molecule has 7 atom stereocenters. The van der Waals surface area contributed by atoms with E-state index in [-0.39, 0.29) is 52.9 Å². The Kier molecular flexibility index (Phi) is 9.10. The van der Waals surface area contributed by atoms with E-state index in [1.54, 1.807) is 0 Å². The molecule has 198 valence electrons. The molecule has 0 spiro atoms. The Hall–Kier alpha value is -1.65. The average molecular weight is 489 g/mol. The molecule has 0 saturated heterocycles. The second-order valence-electron chi connectivity index (χ2n) is 13.5. The van der Waals surface area contributed by atoms with Gasteiger partial charge in [0.25, 0.3) is 0 Å². The summed E-state index contributed by atoms with van der Waals surface area (Å²) < 4.78 is 0. The van der Waals surface area contributed by atoms with Crippen LogP contribution in [-0.2, 0) is 24.0 Å². The average Bonchev–Trinajstić information content (AvgIpc) is 3.08. The van der Waals surface area contributed by atoms with Gasteiger partial charge in [0, 0.05) is 49.9 Å². The summed E-state index contributed by atoms with van der Waals surface area (Å²) in [5.74, 6) is -1.70. The number of fused-ring (bicyclic) bond motifs is 1. The lowest BCUT2D eigenvalue weighted by Crippen LogP contribution is -2.40. The van der Waals surface area contributed by atoms with E-state index in [0.29, 0.717) is 31.1 Å². The predicted molar refractivity (Wildman–Crippen MR) is 138 cm³/mol. The van der Waals surface area contributed by atoms with Crippen molar-refractivity contribution in [3.8, 4) is 0 Å². The van der Waals surface area contributed by atoms with Crippen LogP contribution >= 0.6 is 0 Å². The van der Waals surface area contributed by atoms with Crippen LogP contribution in [0.25, 0.3) is 0 Å². The third-order valence-electron chi connectivity index (χ3n) is 9.37. The zero-order valence-corrected chi connectivity index (χ0v) is 23.7. The second kappa shape index (κ2) is 10.8. The molecule has 35 heavy (non-hydrogen) atoms. The maximum absolute atomic E-state index is 14.0. The first-order valence-corrected chi connectivity index (χ1v) is 13.6. The van der Waals surface area contributed by atoms with Crippen molar-refractivity contribution in [3.05, 3.63) is 0 Å². The third kappa shape index (κ3) is 6.38. The molecule has 0 aromatic carbocycles. The van der Waals surface area contributed by atoms with Crippen molar-refractivity contribution in [2.24, 2.45) is 58.2 Å². The lowest BCUT2D eigenvalue weighted by atomic mass is 9.67. The van der Waals surface area contributed by atoms with Crippen LogP contribution in [0.1, 0.15) is 101 Å². The number of hydrogen-bond acceptors (Lipinski definition) is 5. The molecule has 0 aromatic heterocycles. The molecule has 5 heteroatoms. The molecular formula is C30H48O5. The Morgan fingerprint density at radius 1 is 0.943 bits per heavy atom. The van der Waals surface area contributed by atoms with Crippen LogP contribution in [-0.4, -0.2) is 28.9 Å². The maximum atomic E-state index is 14.0. The van der Waals surface area contributed by atoms with Crippen molar-refractivity contribution in [1.82, 2.24) is 0 Å². The fourth-order valence-electron chi connectivity index (χ4n) is 6.42. The van der Waals surface area contributed by atoms with Crippen molar-refractivity contribution >= 4 is 28.9 Å². The van der Waals surface area contributed by atoms with Gasteiger partial charge < -0.3 is 0 Å². The molecule has 2 aliphatic carbocycles. The van der Waals surface area contributed by atoms with Gasteiger partial charge in [-0.25, -0.2) is 0 Å². The van der Waals surface area contributed by atoms with Crippen molar-refractivity contribution < 1.29 is 24.0 Å². The zero-order valence-electron chi connectivity index (χ0n) is 23.7. The molecule has 5 nitrogen and oxygen atoms in total. The zero-order chi connectivity index (χ0) is 27.0. The Labute approximate surface area is 212 Å². The minimum absolute atomic E-state index is 0.00312. The van der Waals surface area contributed by atoms with Gasteiger partial charge in [-0.2, -0.15) is 0 Å². The van der Waals surface area contributed by atoms with Crippen LogP contribution in [0.2, 0.25) is 0 Å². The minimum atomic E-state index is -0.617. The molecule has 2 saturated carbocycles. The molecule has 0 heterocycles. The molecule has 0 aliphatic heterocycles. The van der Waals surface area contributed by atoms with E-state index in [1.165, 1.54) is 6.92 Å². The van der Waals surface area contributed by atoms with E-state index < -0.39 is 35.2 Å². The summed E-state index contributed by atoms with van der Waals surface area (Å²) in [5.41, 5.74) is -0.386. The molecule has 0 N–H and O–H groups in total. The SMILES string of the molecule is CCC(CC(=O)C1C(C(=O)C(CC(=O)CC(C)C(C)C)C(C)(C)C)CC2C1C2(C)C)C(=O)C(C)=O. The largest absolute Gasteiger partial charge is 0.300 e. The molecule has 2 rings (SSSR count). The van der Waals surface area contributed by atoms with Crippen LogP contribution in [0.3, 0.4) is 0 Å². The van der Waals surface area contributed by atoms with E-state index >= 15 is 0 Å². The molecule has 0 amide bonds. The second-order valence-corrected chi connectivity index (χ2v) is 13.5. The maximum Gasteiger partial charge on any atom is 0.201 e. The van der Waals surface area contributed by atoms with Gasteiger partial charge >= 0.3 is 0 Å². The van der Waals surface area contributed by atoms with E-state index in [9.17, 15) is 24.0 Å². The van der Waals surface area contributed by atoms with Gasteiger partial charge in [0.2, 0.25) is 5.78 Å². The normalized spacial score (nSPS) is 27.6. The Balaban J connectivity index is 2.28. The van der Waals surface area contributed by atoms with Gasteiger partial charge in [-0.3, -0.25) is 24.0 Å². The molecular weight excluding hydrogens is 440 g/mol. The molecule has 0 bridgehead atoms. The number of ketones is 5. The fourth-order valence-corrected chi connectivity index (χ4v) is 6.42. The highest BCUT2D eigenvalue weighted by Gasteiger charge is 2.69. The van der Waals surface area contributed by atoms with Crippen molar-refractivity contribution in [2.75, 3.05) is 0 Å². The quantitative estimate of drug-likeness (QED) is 0.301. The topological polar surface area (TPSA) is 85.3 Å². The first kappa shape index (κ1) is 29.6. The molecule has 2 aliphatic rings. The van der Waals surface area contributed by atoms with Crippen LogP contribution < -0.4 is 0 Å². The van der Waals surface area contributed by atoms with Crippen LogP contribution in [0.5, 0.6) is 0 Å². The number of rotatable bonds is 13. The standard InChI is InChI=1S/C30H48O5/c1-11-19(27(34)18(5)31)13-24(33)25-21(15-22-26(25)30(22,9)10)28(35)23(29(6,7)8)14-20(32)12-17(4)16(2)3/h16-17,19,21-23,25-26H,11-15H2,1-10H3. The monoisotopic (exact) mass is 488 g/mol. The summed E-state index contributed by atoms with van der Waals surface area (Å²) in [5, 5.41) is 0. The van der Waals surface area contributed by atoms with Gasteiger partial charge in [-0.1, -0.05) is 62.3 Å². The number of carbonyl (C=O) groups is 5. The van der Waals surface area contributed by atoms with E-state index in [1.807, 2.05) is 27.7 Å². The highest BCUT2D eigenvalue weighted by atomic mass is 16.2.